The number of H-pyrrole nitrogens is 1. The summed E-state index contributed by atoms with van der Waals surface area (Å²) < 4.78 is 39.0. The first-order valence-electron chi connectivity index (χ1n) is 25.4. The quantitative estimate of drug-likeness (QED) is 0.124. The largest absolute Gasteiger partial charge is 0.492 e. The van der Waals surface area contributed by atoms with Crippen molar-refractivity contribution in [2.24, 2.45) is 0 Å². The minimum absolute atomic E-state index is 0.0190. The second-order valence-electron chi connectivity index (χ2n) is 21.8. The van der Waals surface area contributed by atoms with Crippen molar-refractivity contribution in [2.45, 2.75) is 122 Å². The minimum Gasteiger partial charge on any atom is -0.492 e. The van der Waals surface area contributed by atoms with Crippen LogP contribution < -0.4 is 9.64 Å². The van der Waals surface area contributed by atoms with E-state index in [1.807, 2.05) is 50.5 Å². The summed E-state index contributed by atoms with van der Waals surface area (Å²) in [6.07, 6.45) is 5.62. The molecule has 8 rings (SSSR count). The number of sulfone groups is 1. The Morgan fingerprint density at radius 2 is 1.54 bits per heavy atom. The molecule has 1 N–H and O–H groups in total. The van der Waals surface area contributed by atoms with Crippen LogP contribution in [0.25, 0.3) is 10.9 Å². The van der Waals surface area contributed by atoms with Crippen molar-refractivity contribution in [1.82, 2.24) is 54.6 Å². The van der Waals surface area contributed by atoms with Crippen LogP contribution in [0, 0.1) is 13.8 Å². The number of anilines is 1. The molecule has 0 saturated carbocycles. The van der Waals surface area contributed by atoms with Crippen molar-refractivity contribution in [3.05, 3.63) is 95.0 Å². The third kappa shape index (κ3) is 12.2. The lowest BCUT2D eigenvalue weighted by molar-refractivity contribution is -0.0227. The molecule has 6 heterocycles. The van der Waals surface area contributed by atoms with Gasteiger partial charge in [-0.3, -0.25) is 24.6 Å². The maximum atomic E-state index is 14.0. The van der Waals surface area contributed by atoms with Gasteiger partial charge in [0.05, 0.1) is 33.8 Å². The number of rotatable bonds is 14. The van der Waals surface area contributed by atoms with Gasteiger partial charge in [-0.2, -0.15) is 5.10 Å². The molecule has 0 spiro atoms. The molecule has 0 aliphatic carbocycles. The van der Waals surface area contributed by atoms with E-state index < -0.39 is 20.2 Å². The summed E-state index contributed by atoms with van der Waals surface area (Å²) in [7, 11) is -3.80. The van der Waals surface area contributed by atoms with E-state index in [1.165, 1.54) is 11.9 Å². The number of aromatic nitrogens is 6. The highest BCUT2D eigenvalue weighted by Crippen LogP contribution is 2.36. The van der Waals surface area contributed by atoms with E-state index in [2.05, 4.69) is 77.9 Å². The van der Waals surface area contributed by atoms with Gasteiger partial charge in [0.15, 0.2) is 9.84 Å². The molecule has 2 aromatic carbocycles. The average Bonchev–Trinajstić information content (AvgIpc) is 3.65. The Bertz CT molecular complexity index is 2790. The lowest BCUT2D eigenvalue weighted by Gasteiger charge is -2.48. The van der Waals surface area contributed by atoms with Crippen LogP contribution in [0.15, 0.2) is 66.1 Å². The predicted molar refractivity (Wildman–Crippen MR) is 278 cm³/mol. The third-order valence-corrected chi connectivity index (χ3v) is 16.8. The number of nitrogens with one attached hydrogen (secondary N) is 1. The van der Waals surface area contributed by atoms with Crippen LogP contribution in [0.3, 0.4) is 0 Å². The topological polar surface area (TPSA) is 186 Å². The number of aromatic amines is 1. The highest BCUT2D eigenvalue weighted by atomic mass is 32.2. The van der Waals surface area contributed by atoms with E-state index in [1.54, 1.807) is 45.3 Å². The van der Waals surface area contributed by atoms with E-state index >= 15 is 0 Å². The van der Waals surface area contributed by atoms with E-state index in [0.29, 0.717) is 80.3 Å². The van der Waals surface area contributed by atoms with Crippen LogP contribution >= 0.6 is 0 Å². The minimum atomic E-state index is -3.80. The Balaban J connectivity index is 0.823. The van der Waals surface area contributed by atoms with Gasteiger partial charge in [0.25, 0.3) is 5.91 Å². The molecule has 18 nitrogen and oxygen atoms in total. The van der Waals surface area contributed by atoms with Gasteiger partial charge in [-0.25, -0.2) is 33.1 Å². The molecule has 72 heavy (non-hydrogen) atoms. The number of benzene rings is 2. The van der Waals surface area contributed by atoms with E-state index in [-0.39, 0.29) is 40.8 Å². The number of amides is 2. The molecule has 3 aromatic heterocycles. The van der Waals surface area contributed by atoms with E-state index in [9.17, 15) is 18.0 Å². The fourth-order valence-corrected chi connectivity index (χ4v) is 11.1. The Morgan fingerprint density at radius 3 is 2.19 bits per heavy atom. The maximum Gasteiger partial charge on any atom is 0.410 e. The number of carbonyl (C=O) groups is 2. The van der Waals surface area contributed by atoms with Gasteiger partial charge in [0.1, 0.15) is 22.6 Å². The molecule has 5 aromatic rings. The molecule has 3 aliphatic rings. The first kappa shape index (κ1) is 52.6. The molecule has 388 valence electrons. The average molecular weight is 1010 g/mol. The van der Waals surface area contributed by atoms with Crippen LogP contribution in [0.2, 0.25) is 0 Å². The fraction of sp³-hybridized carbons (Fsp3) is 0.566. The van der Waals surface area contributed by atoms with Crippen molar-refractivity contribution < 1.29 is 27.5 Å². The molecule has 3 aliphatic heterocycles. The highest BCUT2D eigenvalue weighted by molar-refractivity contribution is 7.92. The van der Waals surface area contributed by atoms with Gasteiger partial charge in [-0.1, -0.05) is 30.3 Å². The van der Waals surface area contributed by atoms with Crippen LogP contribution in [0.4, 0.5) is 10.7 Å². The number of ether oxygens (including phenoxy) is 2. The molecule has 3 saturated heterocycles. The van der Waals surface area contributed by atoms with Crippen molar-refractivity contribution >= 4 is 38.7 Å². The van der Waals surface area contributed by atoms with Gasteiger partial charge in [-0.05, 0) is 92.9 Å². The first-order valence-corrected chi connectivity index (χ1v) is 26.9. The predicted octanol–water partition coefficient (Wildman–Crippen LogP) is 6.17. The third-order valence-electron chi connectivity index (χ3n) is 14.3. The van der Waals surface area contributed by atoms with Crippen LogP contribution in [-0.4, -0.2) is 182 Å². The summed E-state index contributed by atoms with van der Waals surface area (Å²) >= 11 is 0. The molecule has 3 fully saturated rings. The van der Waals surface area contributed by atoms with Gasteiger partial charge in [-0.15, -0.1) is 0 Å². The summed E-state index contributed by atoms with van der Waals surface area (Å²) in [5, 5.41) is 8.11. The molecular weight excluding hydrogens is 933 g/mol. The molecule has 19 heteroatoms. The monoisotopic (exact) mass is 1010 g/mol. The number of hydrogen-bond acceptors (Lipinski definition) is 15. The van der Waals surface area contributed by atoms with E-state index in [0.717, 1.165) is 62.8 Å². The second-order valence-corrected chi connectivity index (χ2v) is 24.5. The first-order chi connectivity index (χ1) is 34.1. The summed E-state index contributed by atoms with van der Waals surface area (Å²) in [6.45, 7) is 27.9. The number of aryl methyl sites for hydroxylation is 1. The molecule has 0 unspecified atom stereocenters. The second kappa shape index (κ2) is 21.8. The Kier molecular flexibility index (Phi) is 15.9. The summed E-state index contributed by atoms with van der Waals surface area (Å²) in [5.41, 5.74) is 5.31. The Morgan fingerprint density at radius 1 is 0.819 bits per heavy atom. The van der Waals surface area contributed by atoms with Crippen molar-refractivity contribution in [3.63, 3.8) is 0 Å². The van der Waals surface area contributed by atoms with Crippen molar-refractivity contribution in [2.75, 3.05) is 83.5 Å². The lowest BCUT2D eigenvalue weighted by Crippen LogP contribution is -2.63. The highest BCUT2D eigenvalue weighted by Gasteiger charge is 2.39. The standard InChI is InChI=1S/C53H74N12O6S/c1-36-30-63(23-22-62(36)33-42-34-65(51(67)71-52(5,6)7)37(2)31-64(42)32-40-15-12-11-13-16-40)50-54-28-41(29-55-50)49(66)61-20-18-60(19-21-61)17-14-24-70-47-27-46-43(25-48(47)72(68,69)53(8,9)10)45(56-35-57-46)26-44-38(3)39(4)58-59-44/h11-13,15-16,25,27-29,35-37,42H,14,17-24,26,30-34H2,1-10H3,(H,58,59)/t36-,37-,42+/m1/s1. The van der Waals surface area contributed by atoms with E-state index in [4.69, 9.17) is 19.4 Å². The molecular formula is C53H74N12O6S. The maximum absolute atomic E-state index is 14.0. The lowest BCUT2D eigenvalue weighted by atomic mass is 10.0. The summed E-state index contributed by atoms with van der Waals surface area (Å²) in [6, 6.07) is 14.2. The van der Waals surface area contributed by atoms with Gasteiger partial charge < -0.3 is 24.2 Å². The van der Waals surface area contributed by atoms with Crippen LogP contribution in [-0.2, 0) is 27.5 Å². The number of nitrogens with zero attached hydrogens (tertiary/aromatic N) is 11. The van der Waals surface area contributed by atoms with Gasteiger partial charge >= 0.3 is 6.09 Å². The van der Waals surface area contributed by atoms with Crippen molar-refractivity contribution in [1.29, 1.82) is 0 Å². The number of hydrogen-bond donors (Lipinski definition) is 1. The zero-order valence-corrected chi connectivity index (χ0v) is 44.7. The van der Waals surface area contributed by atoms with Crippen LogP contribution in [0.5, 0.6) is 5.75 Å². The Hall–Kier alpha value is -5.76. The van der Waals surface area contributed by atoms with Crippen molar-refractivity contribution in [3.8, 4) is 5.75 Å². The zero-order chi connectivity index (χ0) is 51.5. The van der Waals surface area contributed by atoms with Gasteiger partial charge in [0, 0.05) is 133 Å². The summed E-state index contributed by atoms with van der Waals surface area (Å²) in [4.78, 5) is 58.9. The van der Waals surface area contributed by atoms with Crippen LogP contribution in [0.1, 0.15) is 100 Å². The molecule has 2 amide bonds. The molecule has 0 radical (unpaired) electrons. The Labute approximate surface area is 425 Å². The zero-order valence-electron chi connectivity index (χ0n) is 43.9. The number of carbonyl (C=O) groups excluding carboxylic acids is 2. The summed E-state index contributed by atoms with van der Waals surface area (Å²) in [5.74, 6) is 0.799. The van der Waals surface area contributed by atoms with Gasteiger partial charge in [0.2, 0.25) is 5.95 Å². The number of fused-ring (bicyclic) bond motifs is 1. The normalized spacial score (nSPS) is 20.0. The SMILES string of the molecule is Cc1[nH]nc(Cc2ncnc3cc(OCCCN4CCN(C(=O)c5cnc(N6CCN(C[C@H]7CN(C(=O)OC(C)(C)C)[C@H](C)CN7Cc7ccccc7)[C@H](C)C6)nc5)CC4)c(S(=O)(=O)C(C)(C)C)cc23)c1C. The fourth-order valence-electron chi connectivity index (χ4n) is 9.79. The smallest absolute Gasteiger partial charge is 0.410 e. The number of piperazine rings is 3. The molecule has 3 atom stereocenters. The molecule has 0 bridgehead atoms.